The predicted octanol–water partition coefficient (Wildman–Crippen LogP) is 5.13. The fourth-order valence-corrected chi connectivity index (χ4v) is 5.20. The Morgan fingerprint density at radius 1 is 0.756 bits per heavy atom. The normalized spacial score (nSPS) is 11.7. The van der Waals surface area contributed by atoms with Gasteiger partial charge in [-0.05, 0) is 46.2 Å². The number of hydrogen-bond donors (Lipinski definition) is 2. The van der Waals surface area contributed by atoms with E-state index in [2.05, 4.69) is 9.97 Å². The van der Waals surface area contributed by atoms with Gasteiger partial charge in [-0.2, -0.15) is 0 Å². The van der Waals surface area contributed by atoms with E-state index in [9.17, 15) is 19.8 Å². The molecule has 2 N–H and O–H groups in total. The fraction of sp³-hybridized carbons (Fsp3) is 0.407. The number of phenols is 2. The maximum atomic E-state index is 12.8. The molecule has 10 nitrogen and oxygen atoms in total. The maximum absolute atomic E-state index is 12.8. The molecule has 0 bridgehead atoms. The summed E-state index contributed by atoms with van der Waals surface area (Å²) in [5.74, 6) is 0.937. The number of hydrogen-bond acceptors (Lipinski definition) is 8. The van der Waals surface area contributed by atoms with Gasteiger partial charge in [0, 0.05) is 13.6 Å². The van der Waals surface area contributed by atoms with Gasteiger partial charge in [-0.15, -0.1) is 0 Å². The highest BCUT2D eigenvalue weighted by Crippen LogP contribution is 2.35. The Morgan fingerprint density at radius 2 is 1.17 bits per heavy atom. The summed E-state index contributed by atoms with van der Waals surface area (Å²) < 4.78 is 3.04. The molecule has 0 aliphatic heterocycles. The van der Waals surface area contributed by atoms with Gasteiger partial charge in [0.25, 0.3) is 11.1 Å². The van der Waals surface area contributed by atoms with Crippen LogP contribution in [-0.4, -0.2) is 67.3 Å². The summed E-state index contributed by atoms with van der Waals surface area (Å²) in [6.45, 7) is 5.52. The van der Waals surface area contributed by atoms with Crippen molar-refractivity contribution in [1.82, 2.24) is 28.9 Å². The van der Waals surface area contributed by atoms with Gasteiger partial charge in [-0.3, -0.25) is 18.7 Å². The first-order valence-electron chi connectivity index (χ1n) is 12.5. The summed E-state index contributed by atoms with van der Waals surface area (Å²) >= 11 is 23.9. The van der Waals surface area contributed by atoms with Crippen molar-refractivity contribution in [2.45, 2.75) is 33.5 Å². The minimum Gasteiger partial charge on any atom is -0.504 e. The zero-order valence-electron chi connectivity index (χ0n) is 23.8. The number of halogens is 4. The molecule has 0 aliphatic carbocycles. The predicted molar refractivity (Wildman–Crippen MR) is 166 cm³/mol. The molecule has 2 aromatic carbocycles. The van der Waals surface area contributed by atoms with E-state index in [1.165, 1.54) is 16.7 Å². The van der Waals surface area contributed by atoms with Crippen LogP contribution in [0.4, 0.5) is 0 Å². The van der Waals surface area contributed by atoms with E-state index in [1.807, 2.05) is 51.8 Å². The van der Waals surface area contributed by atoms with E-state index in [1.54, 1.807) is 11.6 Å². The zero-order chi connectivity index (χ0) is 30.9. The van der Waals surface area contributed by atoms with Crippen LogP contribution in [0.1, 0.15) is 25.5 Å². The summed E-state index contributed by atoms with van der Waals surface area (Å²) in [5, 5.41) is 21.0. The molecule has 0 spiro atoms. The van der Waals surface area contributed by atoms with Gasteiger partial charge in [-0.1, -0.05) is 60.3 Å². The summed E-state index contributed by atoms with van der Waals surface area (Å²) in [6, 6.07) is 2.71. The quantitative estimate of drug-likeness (QED) is 0.296. The first kappa shape index (κ1) is 32.9. The van der Waals surface area contributed by atoms with E-state index in [-0.39, 0.29) is 70.4 Å². The molecule has 2 aromatic heterocycles. The smallest absolute Gasteiger partial charge is 0.263 e. The summed E-state index contributed by atoms with van der Waals surface area (Å²) in [7, 11) is 9.12. The van der Waals surface area contributed by atoms with E-state index in [4.69, 9.17) is 46.4 Å². The SMILES string of the molecule is CC(C)Cn1c(CN(C)C)nc2c(O)c(Cl)cc(Cl)c2c1=O.CN(C)Cc1nc2c(O)c(Cl)cc(Cl)c2c(=O)n1C. The highest BCUT2D eigenvalue weighted by Gasteiger charge is 2.20. The lowest BCUT2D eigenvalue weighted by Gasteiger charge is -2.18. The number of nitrogens with zero attached hydrogens (tertiary/aromatic N) is 6. The van der Waals surface area contributed by atoms with Crippen molar-refractivity contribution in [3.63, 3.8) is 0 Å². The molecule has 4 rings (SSSR count). The minimum absolute atomic E-state index is 0.0778. The minimum atomic E-state index is -0.307. The molecule has 0 saturated carbocycles. The highest BCUT2D eigenvalue weighted by molar-refractivity contribution is 6.40. The van der Waals surface area contributed by atoms with Crippen molar-refractivity contribution < 1.29 is 10.2 Å². The van der Waals surface area contributed by atoms with E-state index in [0.717, 1.165) is 0 Å². The lowest BCUT2D eigenvalue weighted by molar-refractivity contribution is 0.367. The molecule has 0 amide bonds. The number of aromatic nitrogens is 4. The van der Waals surface area contributed by atoms with Gasteiger partial charge >= 0.3 is 0 Å². The standard InChI is InChI=1S/C15H19Cl2N3O2.C12H13Cl2N3O2/c1-8(2)6-20-11(7-19(3)4)18-13-12(15(20)22)9(16)5-10(17)14(13)21;1-16(2)5-8-15-10-9(12(19)17(8)3)6(13)4-7(14)11(10)18/h5,8,21H,6-7H2,1-4H3;4,18H,5H2,1-3H3. The van der Waals surface area contributed by atoms with Crippen LogP contribution in [0.3, 0.4) is 0 Å². The Bertz CT molecular complexity index is 1730. The van der Waals surface area contributed by atoms with Crippen LogP contribution < -0.4 is 11.1 Å². The van der Waals surface area contributed by atoms with Gasteiger partial charge in [0.15, 0.2) is 11.5 Å². The number of rotatable bonds is 6. The largest absolute Gasteiger partial charge is 0.504 e. The Labute approximate surface area is 257 Å². The van der Waals surface area contributed by atoms with Crippen LogP contribution >= 0.6 is 46.4 Å². The molecule has 0 atom stereocenters. The fourth-order valence-electron chi connectivity index (χ4n) is 4.13. The van der Waals surface area contributed by atoms with Crippen molar-refractivity contribution in [3.05, 3.63) is 64.6 Å². The van der Waals surface area contributed by atoms with Crippen LogP contribution in [0.2, 0.25) is 20.1 Å². The molecule has 0 radical (unpaired) electrons. The molecule has 0 saturated heterocycles. The third-order valence-corrected chi connectivity index (χ3v) is 7.15. The average Bonchev–Trinajstić information content (AvgIpc) is 2.85. The van der Waals surface area contributed by atoms with Crippen molar-refractivity contribution in [2.75, 3.05) is 28.2 Å². The third-order valence-electron chi connectivity index (χ3n) is 5.98. The Balaban J connectivity index is 0.000000228. The van der Waals surface area contributed by atoms with Crippen molar-refractivity contribution in [3.8, 4) is 11.5 Å². The van der Waals surface area contributed by atoms with Crippen LogP contribution in [0.15, 0.2) is 21.7 Å². The Kier molecular flexibility index (Phi) is 10.6. The van der Waals surface area contributed by atoms with E-state index >= 15 is 0 Å². The lowest BCUT2D eigenvalue weighted by Crippen LogP contribution is -2.30. The average molecular weight is 646 g/mol. The summed E-state index contributed by atoms with van der Waals surface area (Å²) in [6.07, 6.45) is 0. The first-order chi connectivity index (χ1) is 19.0. The third kappa shape index (κ3) is 7.07. The Hall–Kier alpha value is -2.60. The molecular weight excluding hydrogens is 614 g/mol. The van der Waals surface area contributed by atoms with Gasteiger partial charge < -0.3 is 20.0 Å². The second kappa shape index (κ2) is 13.1. The molecule has 14 heteroatoms. The van der Waals surface area contributed by atoms with E-state index in [0.29, 0.717) is 31.3 Å². The van der Waals surface area contributed by atoms with Crippen LogP contribution in [-0.2, 0) is 26.7 Å². The molecule has 222 valence electrons. The number of benzene rings is 2. The molecule has 4 aromatic rings. The second-order valence-corrected chi connectivity index (χ2v) is 12.2. The zero-order valence-corrected chi connectivity index (χ0v) is 26.8. The summed E-state index contributed by atoms with van der Waals surface area (Å²) in [5.41, 5.74) is -0.275. The van der Waals surface area contributed by atoms with E-state index < -0.39 is 0 Å². The molecule has 0 fully saturated rings. The number of phenolic OH excluding ortho intramolecular Hbond substituents is 2. The summed E-state index contributed by atoms with van der Waals surface area (Å²) in [4.78, 5) is 37.6. The van der Waals surface area contributed by atoms with Gasteiger partial charge in [0.05, 0.1) is 44.0 Å². The molecular formula is C27H32Cl4N6O4. The lowest BCUT2D eigenvalue weighted by atomic mass is 10.2. The molecule has 2 heterocycles. The number of fused-ring (bicyclic) bond motifs is 2. The topological polar surface area (TPSA) is 117 Å². The van der Waals surface area contributed by atoms with Gasteiger partial charge in [-0.25, -0.2) is 9.97 Å². The molecule has 0 unspecified atom stereocenters. The first-order valence-corrected chi connectivity index (χ1v) is 14.0. The molecule has 41 heavy (non-hydrogen) atoms. The van der Waals surface area contributed by atoms with Crippen LogP contribution in [0.25, 0.3) is 21.8 Å². The second-order valence-electron chi connectivity index (χ2n) is 10.5. The van der Waals surface area contributed by atoms with Crippen molar-refractivity contribution >= 4 is 68.2 Å². The monoisotopic (exact) mass is 644 g/mol. The van der Waals surface area contributed by atoms with Gasteiger partial charge in [0.1, 0.15) is 22.7 Å². The highest BCUT2D eigenvalue weighted by atomic mass is 35.5. The molecule has 0 aliphatic rings. The number of aromatic hydroxyl groups is 2. The Morgan fingerprint density at radius 3 is 1.61 bits per heavy atom. The van der Waals surface area contributed by atoms with Crippen LogP contribution in [0.5, 0.6) is 11.5 Å². The van der Waals surface area contributed by atoms with Crippen molar-refractivity contribution in [1.29, 1.82) is 0 Å². The van der Waals surface area contributed by atoms with Gasteiger partial charge in [0.2, 0.25) is 0 Å². The maximum Gasteiger partial charge on any atom is 0.263 e. The van der Waals surface area contributed by atoms with Crippen LogP contribution in [0, 0.1) is 5.92 Å². The van der Waals surface area contributed by atoms with Crippen molar-refractivity contribution in [2.24, 2.45) is 13.0 Å².